The maximum atomic E-state index is 11.8. The third-order valence-electron chi connectivity index (χ3n) is 2.48. The van der Waals surface area contributed by atoms with E-state index in [0.29, 0.717) is 6.54 Å². The van der Waals surface area contributed by atoms with E-state index in [9.17, 15) is 13.2 Å². The van der Waals surface area contributed by atoms with Crippen molar-refractivity contribution in [3.05, 3.63) is 0 Å². The van der Waals surface area contributed by atoms with Crippen molar-refractivity contribution in [1.82, 2.24) is 10.2 Å². The van der Waals surface area contributed by atoms with Crippen LogP contribution in [0, 0.1) is 0 Å². The SMILES string of the molecule is CCN(C(=O)NC(C)C)[C@H](C)CS(=O)(=O)CC. The maximum Gasteiger partial charge on any atom is 0.317 e. The van der Waals surface area contributed by atoms with Gasteiger partial charge in [0.25, 0.3) is 0 Å². The van der Waals surface area contributed by atoms with Gasteiger partial charge in [-0.2, -0.15) is 0 Å². The minimum atomic E-state index is -3.06. The van der Waals surface area contributed by atoms with Crippen molar-refractivity contribution >= 4 is 15.9 Å². The zero-order valence-corrected chi connectivity index (χ0v) is 12.2. The average Bonchev–Trinajstić information content (AvgIpc) is 2.16. The Hall–Kier alpha value is -0.780. The van der Waals surface area contributed by atoms with Crippen molar-refractivity contribution in [2.45, 2.75) is 46.7 Å². The van der Waals surface area contributed by atoms with Gasteiger partial charge >= 0.3 is 6.03 Å². The lowest BCUT2D eigenvalue weighted by atomic mass is 10.3. The first kappa shape index (κ1) is 16.2. The normalized spacial score (nSPS) is 13.5. The van der Waals surface area contributed by atoms with E-state index in [1.165, 1.54) is 0 Å². The summed E-state index contributed by atoms with van der Waals surface area (Å²) in [6.45, 7) is 9.47. The van der Waals surface area contributed by atoms with Crippen LogP contribution < -0.4 is 5.32 Å². The zero-order chi connectivity index (χ0) is 13.6. The molecule has 0 rings (SSSR count). The number of amides is 2. The number of sulfone groups is 1. The summed E-state index contributed by atoms with van der Waals surface area (Å²) in [6, 6.07) is -0.462. The van der Waals surface area contributed by atoms with Gasteiger partial charge in [-0.05, 0) is 27.7 Å². The molecule has 0 fully saturated rings. The largest absolute Gasteiger partial charge is 0.336 e. The molecule has 1 atom stereocenters. The van der Waals surface area contributed by atoms with E-state index in [0.717, 1.165) is 0 Å². The van der Waals surface area contributed by atoms with E-state index in [2.05, 4.69) is 5.32 Å². The summed E-state index contributed by atoms with van der Waals surface area (Å²) in [5.74, 6) is 0.129. The molecular formula is C11H24N2O3S. The Morgan fingerprint density at radius 1 is 1.24 bits per heavy atom. The van der Waals surface area contributed by atoms with Crippen LogP contribution in [0.2, 0.25) is 0 Å². The standard InChI is InChI=1S/C11H24N2O3S/c1-6-13(11(14)12-9(3)4)10(5)8-17(15,16)7-2/h9-10H,6-8H2,1-5H3,(H,12,14)/t10-/m1/s1. The van der Waals surface area contributed by atoms with Crippen LogP contribution in [-0.4, -0.2) is 49.5 Å². The van der Waals surface area contributed by atoms with Crippen molar-refractivity contribution in [3.8, 4) is 0 Å². The fourth-order valence-corrected chi connectivity index (χ4v) is 2.71. The Kier molecular flexibility index (Phi) is 6.52. The van der Waals surface area contributed by atoms with Gasteiger partial charge in [0.05, 0.1) is 5.75 Å². The van der Waals surface area contributed by atoms with Crippen LogP contribution in [0.25, 0.3) is 0 Å². The molecular weight excluding hydrogens is 240 g/mol. The monoisotopic (exact) mass is 264 g/mol. The van der Waals surface area contributed by atoms with E-state index in [1.54, 1.807) is 18.7 Å². The quantitative estimate of drug-likeness (QED) is 0.785. The number of carbonyl (C=O) groups is 1. The molecule has 1 N–H and O–H groups in total. The molecule has 0 heterocycles. The molecule has 0 bridgehead atoms. The summed E-state index contributed by atoms with van der Waals surface area (Å²) in [5, 5.41) is 2.77. The highest BCUT2D eigenvalue weighted by Gasteiger charge is 2.23. The number of nitrogens with one attached hydrogen (secondary N) is 1. The Bertz CT molecular complexity index is 339. The molecule has 0 spiro atoms. The smallest absolute Gasteiger partial charge is 0.317 e. The second-order valence-corrected chi connectivity index (χ2v) is 6.84. The summed E-state index contributed by atoms with van der Waals surface area (Å²) >= 11 is 0. The molecule has 6 heteroatoms. The number of urea groups is 1. The molecule has 102 valence electrons. The first-order valence-corrected chi connectivity index (χ1v) is 7.83. The Labute approximate surface area is 104 Å². The van der Waals surface area contributed by atoms with Crippen molar-refractivity contribution in [3.63, 3.8) is 0 Å². The van der Waals surface area contributed by atoms with Crippen LogP contribution in [-0.2, 0) is 9.84 Å². The topological polar surface area (TPSA) is 66.5 Å². The number of nitrogens with zero attached hydrogens (tertiary/aromatic N) is 1. The van der Waals surface area contributed by atoms with Gasteiger partial charge in [0.2, 0.25) is 0 Å². The number of carbonyl (C=O) groups excluding carboxylic acids is 1. The van der Waals surface area contributed by atoms with E-state index < -0.39 is 9.84 Å². The van der Waals surface area contributed by atoms with Gasteiger partial charge < -0.3 is 10.2 Å². The zero-order valence-electron chi connectivity index (χ0n) is 11.4. The fraction of sp³-hybridized carbons (Fsp3) is 0.909. The van der Waals surface area contributed by atoms with Crippen molar-refractivity contribution < 1.29 is 13.2 Å². The van der Waals surface area contributed by atoms with Crippen LogP contribution >= 0.6 is 0 Å². The van der Waals surface area contributed by atoms with Crippen LogP contribution in [0.15, 0.2) is 0 Å². The average molecular weight is 264 g/mol. The Morgan fingerprint density at radius 2 is 1.76 bits per heavy atom. The van der Waals surface area contributed by atoms with E-state index in [1.807, 2.05) is 20.8 Å². The van der Waals surface area contributed by atoms with Gasteiger partial charge in [0, 0.05) is 24.4 Å². The summed E-state index contributed by atoms with van der Waals surface area (Å²) in [7, 11) is -3.06. The first-order valence-electron chi connectivity index (χ1n) is 6.01. The van der Waals surface area contributed by atoms with Gasteiger partial charge in [-0.25, -0.2) is 13.2 Å². The van der Waals surface area contributed by atoms with Crippen LogP contribution in [0.5, 0.6) is 0 Å². The van der Waals surface area contributed by atoms with Gasteiger partial charge in [-0.3, -0.25) is 0 Å². The van der Waals surface area contributed by atoms with Crippen LogP contribution in [0.4, 0.5) is 4.79 Å². The molecule has 0 aromatic carbocycles. The predicted octanol–water partition coefficient (Wildman–Crippen LogP) is 1.25. The first-order chi connectivity index (χ1) is 7.73. The third-order valence-corrected chi connectivity index (χ3v) is 4.35. The maximum absolute atomic E-state index is 11.8. The lowest BCUT2D eigenvalue weighted by Crippen LogP contribution is -2.49. The van der Waals surface area contributed by atoms with E-state index in [-0.39, 0.29) is 29.6 Å². The summed E-state index contributed by atoms with van der Waals surface area (Å²) < 4.78 is 23.0. The van der Waals surface area contributed by atoms with Crippen LogP contribution in [0.3, 0.4) is 0 Å². The van der Waals surface area contributed by atoms with Crippen molar-refractivity contribution in [2.75, 3.05) is 18.1 Å². The summed E-state index contributed by atoms with van der Waals surface area (Å²) in [5.41, 5.74) is 0. The molecule has 5 nitrogen and oxygen atoms in total. The molecule has 2 amide bonds. The second kappa shape index (κ2) is 6.83. The molecule has 0 aliphatic carbocycles. The highest BCUT2D eigenvalue weighted by atomic mass is 32.2. The molecule has 0 unspecified atom stereocenters. The molecule has 0 aliphatic rings. The molecule has 0 saturated heterocycles. The highest BCUT2D eigenvalue weighted by Crippen LogP contribution is 2.04. The van der Waals surface area contributed by atoms with E-state index >= 15 is 0 Å². The van der Waals surface area contributed by atoms with Gasteiger partial charge in [0.1, 0.15) is 0 Å². The van der Waals surface area contributed by atoms with Crippen LogP contribution in [0.1, 0.15) is 34.6 Å². The molecule has 0 saturated carbocycles. The Balaban J connectivity index is 4.61. The molecule has 0 aromatic heterocycles. The summed E-state index contributed by atoms with van der Waals surface area (Å²) in [4.78, 5) is 13.4. The van der Waals surface area contributed by atoms with E-state index in [4.69, 9.17) is 0 Å². The molecule has 0 aromatic rings. The third kappa shape index (κ3) is 5.91. The Morgan fingerprint density at radius 3 is 2.12 bits per heavy atom. The number of rotatable bonds is 6. The molecule has 0 aliphatic heterocycles. The molecule has 17 heavy (non-hydrogen) atoms. The van der Waals surface area contributed by atoms with Crippen molar-refractivity contribution in [1.29, 1.82) is 0 Å². The van der Waals surface area contributed by atoms with Gasteiger partial charge in [-0.1, -0.05) is 6.92 Å². The fourth-order valence-electron chi connectivity index (χ4n) is 1.56. The predicted molar refractivity (Wildman–Crippen MR) is 69.8 cm³/mol. The summed E-state index contributed by atoms with van der Waals surface area (Å²) in [6.07, 6.45) is 0. The van der Waals surface area contributed by atoms with Gasteiger partial charge in [0.15, 0.2) is 9.84 Å². The number of hydrogen-bond donors (Lipinski definition) is 1. The highest BCUT2D eigenvalue weighted by molar-refractivity contribution is 7.91. The number of hydrogen-bond acceptors (Lipinski definition) is 3. The van der Waals surface area contributed by atoms with Gasteiger partial charge in [-0.15, -0.1) is 0 Å². The lowest BCUT2D eigenvalue weighted by molar-refractivity contribution is 0.185. The second-order valence-electron chi connectivity index (χ2n) is 4.44. The molecule has 0 radical (unpaired) electrons. The minimum absolute atomic E-state index is 0.0167. The minimum Gasteiger partial charge on any atom is -0.336 e. The van der Waals surface area contributed by atoms with Crippen molar-refractivity contribution in [2.24, 2.45) is 0 Å². The lowest BCUT2D eigenvalue weighted by Gasteiger charge is -2.28.